The van der Waals surface area contributed by atoms with Gasteiger partial charge < -0.3 is 10.1 Å². The Kier molecular flexibility index (Phi) is 4.45. The number of benzene rings is 1. The number of pyridine rings is 1. The standard InChI is InChI=1S/C17H19IN2O/c1-11-8-12(2)20-17(16(11)10-19-14-6-7-14)21-15-5-3-4-13(18)9-15/h3-5,8-9,14,19H,6-7,10H2,1-2H3. The average molecular weight is 394 g/mol. The van der Waals surface area contributed by atoms with Crippen molar-refractivity contribution in [3.05, 3.63) is 50.7 Å². The van der Waals surface area contributed by atoms with Gasteiger partial charge in [-0.3, -0.25) is 0 Å². The second kappa shape index (κ2) is 6.32. The lowest BCUT2D eigenvalue weighted by atomic mass is 10.1. The summed E-state index contributed by atoms with van der Waals surface area (Å²) in [4.78, 5) is 4.59. The van der Waals surface area contributed by atoms with E-state index in [1.807, 2.05) is 25.1 Å². The van der Waals surface area contributed by atoms with Gasteiger partial charge in [0.15, 0.2) is 0 Å². The predicted molar refractivity (Wildman–Crippen MR) is 92.8 cm³/mol. The van der Waals surface area contributed by atoms with Crippen LogP contribution in [0.1, 0.15) is 29.7 Å². The van der Waals surface area contributed by atoms with Gasteiger partial charge >= 0.3 is 0 Å². The van der Waals surface area contributed by atoms with E-state index in [0.717, 1.165) is 33.0 Å². The van der Waals surface area contributed by atoms with E-state index in [-0.39, 0.29) is 0 Å². The van der Waals surface area contributed by atoms with Crippen LogP contribution in [0, 0.1) is 17.4 Å². The molecule has 2 aromatic rings. The Morgan fingerprint density at radius 3 is 2.81 bits per heavy atom. The maximum Gasteiger partial charge on any atom is 0.224 e. The van der Waals surface area contributed by atoms with Crippen molar-refractivity contribution < 1.29 is 4.74 Å². The largest absolute Gasteiger partial charge is 0.439 e. The number of aryl methyl sites for hydroxylation is 2. The first-order chi connectivity index (χ1) is 10.1. The van der Waals surface area contributed by atoms with Crippen LogP contribution >= 0.6 is 22.6 Å². The van der Waals surface area contributed by atoms with Gasteiger partial charge in [-0.25, -0.2) is 4.98 Å². The van der Waals surface area contributed by atoms with Crippen LogP contribution in [0.15, 0.2) is 30.3 Å². The molecule has 0 atom stereocenters. The van der Waals surface area contributed by atoms with Crippen molar-refractivity contribution in [2.24, 2.45) is 0 Å². The van der Waals surface area contributed by atoms with Gasteiger partial charge in [-0.2, -0.15) is 0 Å². The molecular formula is C17H19IN2O. The van der Waals surface area contributed by atoms with Crippen LogP contribution in [0.25, 0.3) is 0 Å². The topological polar surface area (TPSA) is 34.1 Å². The number of nitrogens with one attached hydrogen (secondary N) is 1. The van der Waals surface area contributed by atoms with Gasteiger partial charge in [-0.05, 0) is 79.1 Å². The Balaban J connectivity index is 1.87. The van der Waals surface area contributed by atoms with Crippen molar-refractivity contribution in [3.63, 3.8) is 0 Å². The lowest BCUT2D eigenvalue weighted by Crippen LogP contribution is -2.17. The zero-order valence-electron chi connectivity index (χ0n) is 12.3. The van der Waals surface area contributed by atoms with Crippen LogP contribution < -0.4 is 10.1 Å². The summed E-state index contributed by atoms with van der Waals surface area (Å²) < 4.78 is 7.21. The first kappa shape index (κ1) is 14.8. The predicted octanol–water partition coefficient (Wildman–Crippen LogP) is 4.35. The van der Waals surface area contributed by atoms with Gasteiger partial charge in [0, 0.05) is 27.4 Å². The molecule has 0 saturated heterocycles. The van der Waals surface area contributed by atoms with E-state index in [2.05, 4.69) is 51.9 Å². The molecule has 0 bridgehead atoms. The molecule has 1 heterocycles. The minimum absolute atomic E-state index is 0.677. The second-order valence-electron chi connectivity index (χ2n) is 5.58. The summed E-state index contributed by atoms with van der Waals surface area (Å²) in [7, 11) is 0. The fourth-order valence-electron chi connectivity index (χ4n) is 2.30. The number of rotatable bonds is 5. The van der Waals surface area contributed by atoms with Crippen molar-refractivity contribution in [1.82, 2.24) is 10.3 Å². The molecule has 1 aromatic carbocycles. The minimum Gasteiger partial charge on any atom is -0.439 e. The third kappa shape index (κ3) is 3.95. The van der Waals surface area contributed by atoms with Gasteiger partial charge in [-0.15, -0.1) is 0 Å². The molecule has 3 nitrogen and oxygen atoms in total. The first-order valence-corrected chi connectivity index (χ1v) is 8.33. The monoisotopic (exact) mass is 394 g/mol. The molecule has 0 unspecified atom stereocenters. The number of hydrogen-bond acceptors (Lipinski definition) is 3. The molecule has 0 radical (unpaired) electrons. The number of ether oxygens (including phenoxy) is 1. The summed E-state index contributed by atoms with van der Waals surface area (Å²) in [6.07, 6.45) is 2.57. The SMILES string of the molecule is Cc1cc(C)c(CNC2CC2)c(Oc2cccc(I)c2)n1. The van der Waals surface area contributed by atoms with E-state index in [4.69, 9.17) is 4.74 Å². The third-order valence-corrected chi connectivity index (χ3v) is 4.26. The van der Waals surface area contributed by atoms with E-state index in [0.29, 0.717) is 6.04 Å². The zero-order valence-corrected chi connectivity index (χ0v) is 14.5. The zero-order chi connectivity index (χ0) is 14.8. The number of halogens is 1. The third-order valence-electron chi connectivity index (χ3n) is 3.59. The highest BCUT2D eigenvalue weighted by atomic mass is 127. The Morgan fingerprint density at radius 1 is 1.29 bits per heavy atom. The van der Waals surface area contributed by atoms with E-state index >= 15 is 0 Å². The number of aromatic nitrogens is 1. The van der Waals surface area contributed by atoms with E-state index < -0.39 is 0 Å². The van der Waals surface area contributed by atoms with Gasteiger partial charge in [0.05, 0.1) is 0 Å². The molecule has 1 aliphatic carbocycles. The summed E-state index contributed by atoms with van der Waals surface area (Å²) in [5.41, 5.74) is 3.38. The molecule has 110 valence electrons. The van der Waals surface area contributed by atoms with E-state index in [1.165, 1.54) is 18.4 Å². The summed E-state index contributed by atoms with van der Waals surface area (Å²) in [6, 6.07) is 10.8. The van der Waals surface area contributed by atoms with Gasteiger partial charge in [0.2, 0.25) is 5.88 Å². The molecule has 0 amide bonds. The maximum atomic E-state index is 6.05. The quantitative estimate of drug-likeness (QED) is 0.766. The van der Waals surface area contributed by atoms with Gasteiger partial charge in [0.25, 0.3) is 0 Å². The van der Waals surface area contributed by atoms with Crippen molar-refractivity contribution in [3.8, 4) is 11.6 Å². The normalized spacial score (nSPS) is 14.2. The molecule has 1 saturated carbocycles. The lowest BCUT2D eigenvalue weighted by Gasteiger charge is -2.14. The van der Waals surface area contributed by atoms with Gasteiger partial charge in [0.1, 0.15) is 5.75 Å². The van der Waals surface area contributed by atoms with Crippen LogP contribution in [0.2, 0.25) is 0 Å². The fraction of sp³-hybridized carbons (Fsp3) is 0.353. The van der Waals surface area contributed by atoms with Crippen molar-refractivity contribution in [2.75, 3.05) is 0 Å². The van der Waals surface area contributed by atoms with Crippen LogP contribution in [0.3, 0.4) is 0 Å². The highest BCUT2D eigenvalue weighted by Crippen LogP contribution is 2.28. The van der Waals surface area contributed by atoms with Crippen LogP contribution in [0.4, 0.5) is 0 Å². The highest BCUT2D eigenvalue weighted by Gasteiger charge is 2.21. The summed E-state index contributed by atoms with van der Waals surface area (Å²) >= 11 is 2.29. The summed E-state index contributed by atoms with van der Waals surface area (Å²) in [5.74, 6) is 1.56. The Morgan fingerprint density at radius 2 is 2.10 bits per heavy atom. The summed E-state index contributed by atoms with van der Waals surface area (Å²) in [5, 5.41) is 3.55. The molecule has 1 N–H and O–H groups in total. The molecule has 0 spiro atoms. The average Bonchev–Trinajstić information content (AvgIpc) is 3.21. The first-order valence-electron chi connectivity index (χ1n) is 7.26. The molecule has 1 aromatic heterocycles. The second-order valence-corrected chi connectivity index (χ2v) is 6.82. The van der Waals surface area contributed by atoms with Gasteiger partial charge in [-0.1, -0.05) is 6.07 Å². The van der Waals surface area contributed by atoms with Crippen molar-refractivity contribution in [1.29, 1.82) is 0 Å². The maximum absolute atomic E-state index is 6.05. The molecular weight excluding hydrogens is 375 g/mol. The summed E-state index contributed by atoms with van der Waals surface area (Å²) in [6.45, 7) is 4.95. The van der Waals surface area contributed by atoms with Crippen LogP contribution in [0.5, 0.6) is 11.6 Å². The molecule has 1 aliphatic rings. The fourth-order valence-corrected chi connectivity index (χ4v) is 2.82. The molecule has 1 fully saturated rings. The van der Waals surface area contributed by atoms with Crippen molar-refractivity contribution in [2.45, 2.75) is 39.3 Å². The highest BCUT2D eigenvalue weighted by molar-refractivity contribution is 14.1. The van der Waals surface area contributed by atoms with E-state index in [9.17, 15) is 0 Å². The van der Waals surface area contributed by atoms with Crippen LogP contribution in [-0.4, -0.2) is 11.0 Å². The number of hydrogen-bond donors (Lipinski definition) is 1. The molecule has 21 heavy (non-hydrogen) atoms. The molecule has 3 rings (SSSR count). The Hall–Kier alpha value is -1.14. The molecule has 4 heteroatoms. The van der Waals surface area contributed by atoms with Crippen LogP contribution in [-0.2, 0) is 6.54 Å². The van der Waals surface area contributed by atoms with E-state index in [1.54, 1.807) is 0 Å². The smallest absolute Gasteiger partial charge is 0.224 e. The van der Waals surface area contributed by atoms with Crippen molar-refractivity contribution >= 4 is 22.6 Å². The number of nitrogens with zero attached hydrogens (tertiary/aromatic N) is 1. The minimum atomic E-state index is 0.677. The Bertz CT molecular complexity index is 653. The lowest BCUT2D eigenvalue weighted by molar-refractivity contribution is 0.450. The molecule has 0 aliphatic heterocycles. The Labute approximate surface area is 139 Å².